The van der Waals surface area contributed by atoms with Crippen LogP contribution in [0.15, 0.2) is 89.8 Å². The first-order valence-corrected chi connectivity index (χ1v) is 13.0. The number of nitrogens with zero attached hydrogens (tertiary/aromatic N) is 4. The van der Waals surface area contributed by atoms with E-state index in [4.69, 9.17) is 0 Å². The number of halogens is 1. The Balaban J connectivity index is 1.49. The summed E-state index contributed by atoms with van der Waals surface area (Å²) in [5.41, 5.74) is 3.63. The van der Waals surface area contributed by atoms with Crippen LogP contribution in [0.5, 0.6) is 0 Å². The number of fused-ring (bicyclic) bond motifs is 1. The lowest BCUT2D eigenvalue weighted by Crippen LogP contribution is -2.37. The Labute approximate surface area is 209 Å². The van der Waals surface area contributed by atoms with E-state index < -0.39 is 15.8 Å². The summed E-state index contributed by atoms with van der Waals surface area (Å²) in [6.07, 6.45) is 0.483. The summed E-state index contributed by atoms with van der Waals surface area (Å²) in [5, 5.41) is 4.69. The van der Waals surface area contributed by atoms with E-state index in [1.54, 1.807) is 21.7 Å². The van der Waals surface area contributed by atoms with E-state index in [0.29, 0.717) is 17.7 Å². The molecule has 0 N–H and O–H groups in total. The topological polar surface area (TPSA) is 75.5 Å². The number of carbonyl (C=O) groups is 1. The predicted molar refractivity (Wildman–Crippen MR) is 134 cm³/mol. The molecule has 1 aliphatic heterocycles. The van der Waals surface area contributed by atoms with Crippen molar-refractivity contribution in [1.82, 2.24) is 14.1 Å². The highest BCUT2D eigenvalue weighted by Gasteiger charge is 2.33. The minimum Gasteiger partial charge on any atom is -0.302 e. The highest BCUT2D eigenvalue weighted by Crippen LogP contribution is 2.29. The normalized spacial score (nSPS) is 13.8. The van der Waals surface area contributed by atoms with Crippen molar-refractivity contribution >= 4 is 21.6 Å². The quantitative estimate of drug-likeness (QED) is 0.395. The SMILES string of the molecule is Cn1nc(CN(C(=O)c2ccccc2)c2ccccc2)c2c1CCN(S(=O)(=O)c1ccc(F)cc1)C2. The molecule has 2 heterocycles. The first-order chi connectivity index (χ1) is 17.3. The van der Waals surface area contributed by atoms with E-state index in [0.717, 1.165) is 29.1 Å². The van der Waals surface area contributed by atoms with Crippen LogP contribution in [-0.2, 0) is 36.6 Å². The van der Waals surface area contributed by atoms with Gasteiger partial charge in [0.2, 0.25) is 10.0 Å². The summed E-state index contributed by atoms with van der Waals surface area (Å²) < 4.78 is 43.1. The van der Waals surface area contributed by atoms with Crippen LogP contribution in [0.3, 0.4) is 0 Å². The molecule has 9 heteroatoms. The molecule has 0 saturated heterocycles. The zero-order valence-corrected chi connectivity index (χ0v) is 20.5. The lowest BCUT2D eigenvalue weighted by molar-refractivity contribution is 0.0984. The van der Waals surface area contributed by atoms with Gasteiger partial charge in [-0.05, 0) is 48.5 Å². The predicted octanol–water partition coefficient (Wildman–Crippen LogP) is 4.15. The van der Waals surface area contributed by atoms with Gasteiger partial charge in [-0.2, -0.15) is 9.40 Å². The van der Waals surface area contributed by atoms with Crippen molar-refractivity contribution in [2.24, 2.45) is 7.05 Å². The summed E-state index contributed by atoms with van der Waals surface area (Å²) in [6, 6.07) is 23.2. The Morgan fingerprint density at radius 1 is 0.972 bits per heavy atom. The van der Waals surface area contributed by atoms with Gasteiger partial charge in [-0.25, -0.2) is 12.8 Å². The van der Waals surface area contributed by atoms with E-state index in [1.165, 1.54) is 16.4 Å². The Hall–Kier alpha value is -3.82. The van der Waals surface area contributed by atoms with Gasteiger partial charge in [0, 0.05) is 49.1 Å². The third-order valence-corrected chi connectivity index (χ3v) is 8.24. The lowest BCUT2D eigenvalue weighted by atomic mass is 10.1. The molecule has 0 saturated carbocycles. The maximum atomic E-state index is 13.5. The Morgan fingerprint density at radius 2 is 1.61 bits per heavy atom. The number of hydrogen-bond acceptors (Lipinski definition) is 4. The number of rotatable bonds is 6. The summed E-state index contributed by atoms with van der Waals surface area (Å²) >= 11 is 0. The van der Waals surface area contributed by atoms with Gasteiger partial charge in [0.25, 0.3) is 5.91 Å². The van der Waals surface area contributed by atoms with Crippen LogP contribution >= 0.6 is 0 Å². The fourth-order valence-corrected chi connectivity index (χ4v) is 5.92. The molecule has 1 aromatic heterocycles. The minimum atomic E-state index is -3.82. The zero-order chi connectivity index (χ0) is 25.3. The van der Waals surface area contributed by atoms with Gasteiger partial charge in [-0.15, -0.1) is 0 Å². The van der Waals surface area contributed by atoms with Crippen molar-refractivity contribution < 1.29 is 17.6 Å². The zero-order valence-electron chi connectivity index (χ0n) is 19.7. The van der Waals surface area contributed by atoms with E-state index in [1.807, 2.05) is 55.6 Å². The largest absolute Gasteiger partial charge is 0.302 e. The van der Waals surface area contributed by atoms with E-state index in [9.17, 15) is 17.6 Å². The van der Waals surface area contributed by atoms with Crippen LogP contribution in [0.1, 0.15) is 27.3 Å². The number of benzene rings is 3. The number of carbonyl (C=O) groups excluding carboxylic acids is 1. The third-order valence-electron chi connectivity index (χ3n) is 6.38. The van der Waals surface area contributed by atoms with Crippen LogP contribution in [-0.4, -0.2) is 35.0 Å². The van der Waals surface area contributed by atoms with Crippen molar-refractivity contribution in [3.63, 3.8) is 0 Å². The molecule has 7 nitrogen and oxygen atoms in total. The number of aromatic nitrogens is 2. The third kappa shape index (κ3) is 4.55. The maximum Gasteiger partial charge on any atom is 0.258 e. The monoisotopic (exact) mass is 504 g/mol. The number of aryl methyl sites for hydroxylation is 1. The van der Waals surface area contributed by atoms with Gasteiger partial charge in [-0.1, -0.05) is 36.4 Å². The number of amides is 1. The number of hydrogen-bond donors (Lipinski definition) is 0. The van der Waals surface area contributed by atoms with Crippen LogP contribution in [0.2, 0.25) is 0 Å². The molecule has 0 unspecified atom stereocenters. The molecule has 3 aromatic carbocycles. The molecule has 4 aromatic rings. The Bertz CT molecular complexity index is 1490. The number of anilines is 1. The fraction of sp³-hybridized carbons (Fsp3) is 0.185. The Morgan fingerprint density at radius 3 is 2.28 bits per heavy atom. The molecule has 5 rings (SSSR count). The molecule has 0 atom stereocenters. The highest BCUT2D eigenvalue weighted by molar-refractivity contribution is 7.89. The molecule has 0 radical (unpaired) electrons. The molecule has 1 aliphatic rings. The second kappa shape index (κ2) is 9.67. The second-order valence-corrected chi connectivity index (χ2v) is 10.6. The van der Waals surface area contributed by atoms with Gasteiger partial charge < -0.3 is 4.90 Å². The average Bonchev–Trinajstić information content (AvgIpc) is 3.22. The Kier molecular flexibility index (Phi) is 6.42. The van der Waals surface area contributed by atoms with Gasteiger partial charge in [0.05, 0.1) is 17.1 Å². The van der Waals surface area contributed by atoms with Crippen molar-refractivity contribution in [2.45, 2.75) is 24.4 Å². The number of sulfonamides is 1. The summed E-state index contributed by atoms with van der Waals surface area (Å²) in [6.45, 7) is 0.600. The maximum absolute atomic E-state index is 13.5. The number of para-hydroxylation sites is 1. The van der Waals surface area contributed by atoms with Crippen LogP contribution in [0.4, 0.5) is 10.1 Å². The molecule has 0 spiro atoms. The second-order valence-electron chi connectivity index (χ2n) is 8.63. The van der Waals surface area contributed by atoms with Crippen LogP contribution in [0.25, 0.3) is 0 Å². The average molecular weight is 505 g/mol. The van der Waals surface area contributed by atoms with Gasteiger partial charge >= 0.3 is 0 Å². The molecule has 0 aliphatic carbocycles. The minimum absolute atomic E-state index is 0.0444. The molecule has 36 heavy (non-hydrogen) atoms. The molecular formula is C27H25FN4O3S. The van der Waals surface area contributed by atoms with Crippen molar-refractivity contribution in [1.29, 1.82) is 0 Å². The molecule has 184 valence electrons. The van der Waals surface area contributed by atoms with Gasteiger partial charge in [-0.3, -0.25) is 9.48 Å². The van der Waals surface area contributed by atoms with Crippen molar-refractivity contribution in [2.75, 3.05) is 11.4 Å². The molecule has 1 amide bonds. The summed E-state index contributed by atoms with van der Waals surface area (Å²) in [7, 11) is -1.99. The van der Waals surface area contributed by atoms with Crippen molar-refractivity contribution in [3.8, 4) is 0 Å². The van der Waals surface area contributed by atoms with E-state index >= 15 is 0 Å². The standard InChI is InChI=1S/C27H25FN4O3S/c1-30-26-16-17-31(36(34,35)23-14-12-21(28)13-15-23)18-24(26)25(29-30)19-32(22-10-6-3-7-11-22)27(33)20-8-4-2-5-9-20/h2-15H,16-19H2,1H3. The van der Waals surface area contributed by atoms with E-state index in [-0.39, 0.29) is 30.4 Å². The highest BCUT2D eigenvalue weighted by atomic mass is 32.2. The summed E-state index contributed by atoms with van der Waals surface area (Å²) in [5.74, 6) is -0.665. The van der Waals surface area contributed by atoms with Gasteiger partial charge in [0.1, 0.15) is 5.82 Å². The van der Waals surface area contributed by atoms with Crippen LogP contribution < -0.4 is 4.90 Å². The first-order valence-electron chi connectivity index (χ1n) is 11.6. The fourth-order valence-electron chi connectivity index (χ4n) is 4.51. The smallest absolute Gasteiger partial charge is 0.258 e. The molecular weight excluding hydrogens is 479 g/mol. The van der Waals surface area contributed by atoms with Crippen molar-refractivity contribution in [3.05, 3.63) is 113 Å². The summed E-state index contributed by atoms with van der Waals surface area (Å²) in [4.78, 5) is 15.2. The first kappa shape index (κ1) is 23.9. The van der Waals surface area contributed by atoms with E-state index in [2.05, 4.69) is 5.10 Å². The van der Waals surface area contributed by atoms with Crippen LogP contribution in [0, 0.1) is 5.82 Å². The molecule has 0 fully saturated rings. The lowest BCUT2D eigenvalue weighted by Gasteiger charge is -2.28. The van der Waals surface area contributed by atoms with Gasteiger partial charge in [0.15, 0.2) is 0 Å². The molecule has 0 bridgehead atoms.